The van der Waals surface area contributed by atoms with Gasteiger partial charge in [0.25, 0.3) is 0 Å². The van der Waals surface area contributed by atoms with Crippen molar-refractivity contribution < 1.29 is 53.3 Å². The summed E-state index contributed by atoms with van der Waals surface area (Å²) in [6, 6.07) is -0.317. The van der Waals surface area contributed by atoms with Gasteiger partial charge in [0, 0.05) is 37.3 Å². The van der Waals surface area contributed by atoms with E-state index in [1.807, 2.05) is 41.5 Å². The molecule has 0 aromatic carbocycles. The number of Topliss-reactive ketones (excluding diaryl/α,β-unsaturated/α-hetero) is 1. The first-order valence-electron chi connectivity index (χ1n) is 18.0. The lowest BCUT2D eigenvalue weighted by Gasteiger charge is -2.48. The number of aliphatic hydroxyl groups is 3. The molecule has 12 nitrogen and oxygen atoms in total. The molecule has 0 radical (unpaired) electrons. The number of ketones is 1. The summed E-state index contributed by atoms with van der Waals surface area (Å²) >= 11 is 0. The Hall–Kier alpha value is -1.22. The number of nitrogens with one attached hydrogen (secondary N) is 1. The highest BCUT2D eigenvalue weighted by Gasteiger charge is 2.51. The Labute approximate surface area is 287 Å². The molecule has 0 aromatic heterocycles. The Morgan fingerprint density at radius 1 is 0.938 bits per heavy atom. The summed E-state index contributed by atoms with van der Waals surface area (Å²) in [4.78, 5) is 27.7. The van der Waals surface area contributed by atoms with Gasteiger partial charge >= 0.3 is 5.97 Å². The van der Waals surface area contributed by atoms with Crippen molar-refractivity contribution in [3.63, 3.8) is 0 Å². The van der Waals surface area contributed by atoms with Crippen LogP contribution in [-0.4, -0.2) is 114 Å². The predicted octanol–water partition coefficient (Wildman–Crippen LogP) is 3.36. The molecule has 3 aliphatic heterocycles. The molecule has 4 N–H and O–H groups in total. The summed E-state index contributed by atoms with van der Waals surface area (Å²) in [5, 5.41) is 37.6. The number of ether oxygens (including phenoxy) is 6. The maximum atomic E-state index is 14.0. The summed E-state index contributed by atoms with van der Waals surface area (Å²) < 4.78 is 37.3. The number of rotatable bonds is 7. The second-order valence-corrected chi connectivity index (χ2v) is 15.5. The molecule has 3 aliphatic rings. The fourth-order valence-electron chi connectivity index (χ4n) is 8.21. The summed E-state index contributed by atoms with van der Waals surface area (Å²) in [6.45, 7) is 18.2. The number of hydrogen-bond acceptors (Lipinski definition) is 12. The van der Waals surface area contributed by atoms with Crippen LogP contribution in [0.5, 0.6) is 0 Å². The highest BCUT2D eigenvalue weighted by atomic mass is 16.7. The molecule has 0 unspecified atom stereocenters. The van der Waals surface area contributed by atoms with Gasteiger partial charge in [-0.25, -0.2) is 0 Å². The van der Waals surface area contributed by atoms with Crippen LogP contribution in [0.15, 0.2) is 0 Å². The van der Waals surface area contributed by atoms with Crippen LogP contribution in [0, 0.1) is 29.6 Å². The summed E-state index contributed by atoms with van der Waals surface area (Å²) in [6.07, 6.45) is -5.36. The SMILES string of the molecule is CC[C@H]1OC(=O)[C@H](C)[C@@H](O[C@H]2C[C@@](C)(OC)[C@@H](O)[C@H](C)O2)[C@H](C)[C@@H](O[C@@H]2O[C@H](C)C[C@H](NC)[C@H]2O)[C@@](C)(O)C[C@@H](C)C(=O)[C@H](C)C[C@H]1C. The van der Waals surface area contributed by atoms with E-state index in [0.717, 1.165) is 0 Å². The van der Waals surface area contributed by atoms with Crippen molar-refractivity contribution >= 4 is 11.8 Å². The van der Waals surface area contributed by atoms with E-state index < -0.39 is 84.1 Å². The Balaban J connectivity index is 2.12. The average molecular weight is 688 g/mol. The quantitative estimate of drug-likeness (QED) is 0.289. The van der Waals surface area contributed by atoms with Gasteiger partial charge < -0.3 is 49.1 Å². The third-order valence-electron chi connectivity index (χ3n) is 11.3. The summed E-state index contributed by atoms with van der Waals surface area (Å²) in [5.41, 5.74) is -2.61. The number of esters is 1. The number of carbonyl (C=O) groups is 2. The van der Waals surface area contributed by atoms with Crippen LogP contribution in [0.3, 0.4) is 0 Å². The second-order valence-electron chi connectivity index (χ2n) is 15.5. The molecule has 17 atom stereocenters. The van der Waals surface area contributed by atoms with Crippen LogP contribution in [0.25, 0.3) is 0 Å². The molecule has 3 heterocycles. The van der Waals surface area contributed by atoms with Gasteiger partial charge in [0.2, 0.25) is 0 Å². The molecule has 3 fully saturated rings. The Kier molecular flexibility index (Phi) is 14.5. The van der Waals surface area contributed by atoms with Gasteiger partial charge in [0.05, 0.1) is 41.5 Å². The molecular weight excluding hydrogens is 622 g/mol. The minimum Gasteiger partial charge on any atom is -0.462 e. The first kappa shape index (κ1) is 41.2. The zero-order chi connectivity index (χ0) is 36.3. The van der Waals surface area contributed by atoms with E-state index in [2.05, 4.69) is 5.32 Å². The topological polar surface area (TPSA) is 162 Å². The standard InChI is InChI=1S/C36H65NO11/c1-13-26-18(2)14-19(3)28(38)20(4)16-35(9,42)32(48-34-29(39)25(37-11)15-21(5)44-34)22(6)30(23(7)33(41)46-26)47-27-17-36(10,43-12)31(40)24(8)45-27/h18-27,29-32,34,37,39-40,42H,13-17H2,1-12H3/t18-,19-,20-,21-,22+,23-,24+,25+,26-,27+,29-,30+,31+,32-,34+,35+,36-/m1/s1. The molecule has 0 bridgehead atoms. The minimum absolute atomic E-state index is 0.00718. The first-order valence-corrected chi connectivity index (χ1v) is 18.0. The van der Waals surface area contributed by atoms with Gasteiger partial charge in [-0.1, -0.05) is 34.6 Å². The van der Waals surface area contributed by atoms with Crippen molar-refractivity contribution in [3.8, 4) is 0 Å². The van der Waals surface area contributed by atoms with Crippen LogP contribution >= 0.6 is 0 Å². The lowest BCUT2D eigenvalue weighted by atomic mass is 9.75. The van der Waals surface area contributed by atoms with Crippen LogP contribution in [0.2, 0.25) is 0 Å². The monoisotopic (exact) mass is 687 g/mol. The fraction of sp³-hybridized carbons (Fsp3) is 0.944. The van der Waals surface area contributed by atoms with Gasteiger partial charge in [-0.3, -0.25) is 9.59 Å². The van der Waals surface area contributed by atoms with Gasteiger partial charge in [-0.15, -0.1) is 0 Å². The molecule has 0 saturated carbocycles. The molecule has 48 heavy (non-hydrogen) atoms. The third kappa shape index (κ3) is 9.36. The fourth-order valence-corrected chi connectivity index (χ4v) is 8.21. The predicted molar refractivity (Wildman–Crippen MR) is 179 cm³/mol. The Morgan fingerprint density at radius 3 is 2.17 bits per heavy atom. The molecule has 0 aliphatic carbocycles. The Morgan fingerprint density at radius 2 is 1.58 bits per heavy atom. The second kappa shape index (κ2) is 16.9. The average Bonchev–Trinajstić information content (AvgIpc) is 3.02. The van der Waals surface area contributed by atoms with Gasteiger partial charge in [-0.2, -0.15) is 0 Å². The van der Waals surface area contributed by atoms with Gasteiger partial charge in [0.1, 0.15) is 24.1 Å². The highest BCUT2D eigenvalue weighted by Crippen LogP contribution is 2.40. The largest absolute Gasteiger partial charge is 0.462 e. The van der Waals surface area contributed by atoms with Gasteiger partial charge in [0.15, 0.2) is 12.6 Å². The smallest absolute Gasteiger partial charge is 0.311 e. The number of hydrogen-bond donors (Lipinski definition) is 4. The van der Waals surface area contributed by atoms with E-state index in [1.54, 1.807) is 34.7 Å². The van der Waals surface area contributed by atoms with Gasteiger partial charge in [-0.05, 0) is 73.3 Å². The number of aliphatic hydroxyl groups excluding tert-OH is 2. The number of methoxy groups -OCH3 is 1. The van der Waals surface area contributed by atoms with Crippen molar-refractivity contribution in [1.82, 2.24) is 5.32 Å². The minimum atomic E-state index is -1.63. The van der Waals surface area contributed by atoms with E-state index in [9.17, 15) is 24.9 Å². The molecule has 280 valence electrons. The van der Waals surface area contributed by atoms with E-state index in [0.29, 0.717) is 19.3 Å². The summed E-state index contributed by atoms with van der Waals surface area (Å²) in [5.74, 6) is -2.95. The number of cyclic esters (lactones) is 1. The van der Waals surface area contributed by atoms with Crippen LogP contribution < -0.4 is 5.32 Å². The maximum absolute atomic E-state index is 14.0. The van der Waals surface area contributed by atoms with Crippen LogP contribution in [-0.2, 0) is 38.0 Å². The lowest BCUT2D eigenvalue weighted by molar-refractivity contribution is -0.315. The molecule has 3 rings (SSSR count). The van der Waals surface area contributed by atoms with Crippen LogP contribution in [0.4, 0.5) is 0 Å². The van der Waals surface area contributed by atoms with Crippen molar-refractivity contribution in [3.05, 3.63) is 0 Å². The third-order valence-corrected chi connectivity index (χ3v) is 11.3. The zero-order valence-electron chi connectivity index (χ0n) is 31.3. The van der Waals surface area contributed by atoms with E-state index in [4.69, 9.17) is 28.4 Å². The lowest BCUT2D eigenvalue weighted by Crippen LogP contribution is -2.60. The molecule has 3 saturated heterocycles. The molecule has 12 heteroatoms. The van der Waals surface area contributed by atoms with E-state index >= 15 is 0 Å². The summed E-state index contributed by atoms with van der Waals surface area (Å²) in [7, 11) is 3.28. The molecular formula is C36H65NO11. The molecule has 0 spiro atoms. The van der Waals surface area contributed by atoms with Crippen LogP contribution in [0.1, 0.15) is 101 Å². The highest BCUT2D eigenvalue weighted by molar-refractivity contribution is 5.83. The number of likely N-dealkylation sites (N-methyl/N-ethyl adjacent to an activating group) is 1. The van der Waals surface area contributed by atoms with Crippen molar-refractivity contribution in [2.24, 2.45) is 29.6 Å². The van der Waals surface area contributed by atoms with Crippen molar-refractivity contribution in [2.75, 3.05) is 14.2 Å². The molecule has 0 aromatic rings. The Bertz CT molecular complexity index is 1060. The first-order chi connectivity index (χ1) is 22.3. The normalized spacial score (nSPS) is 48.9. The van der Waals surface area contributed by atoms with E-state index in [-0.39, 0.29) is 42.6 Å². The van der Waals surface area contributed by atoms with Crippen molar-refractivity contribution in [1.29, 1.82) is 0 Å². The zero-order valence-corrected chi connectivity index (χ0v) is 31.3. The molecule has 0 amide bonds. The number of carbonyl (C=O) groups excluding carboxylic acids is 2. The maximum Gasteiger partial charge on any atom is 0.311 e. The van der Waals surface area contributed by atoms with E-state index in [1.165, 1.54) is 7.11 Å². The van der Waals surface area contributed by atoms with Crippen molar-refractivity contribution in [2.45, 2.75) is 174 Å².